The fraction of sp³-hybridized carbons (Fsp3) is 0.216. The number of aliphatic hydroxyl groups excluding tert-OH is 2. The Morgan fingerprint density at radius 2 is 0.779 bits per heavy atom. The molecule has 86 heavy (non-hydrogen) atoms. The maximum atomic E-state index is 12.2. The molecule has 0 aliphatic carbocycles. The van der Waals surface area contributed by atoms with E-state index < -0.39 is 70.2 Å². The molecule has 8 heterocycles. The van der Waals surface area contributed by atoms with Gasteiger partial charge >= 0.3 is 37.3 Å². The van der Waals surface area contributed by atoms with Crippen molar-refractivity contribution in [1.29, 1.82) is 0 Å². The summed E-state index contributed by atoms with van der Waals surface area (Å²) in [6, 6.07) is 31.8. The average molecular weight is 1670 g/mol. The van der Waals surface area contributed by atoms with Gasteiger partial charge in [0.05, 0.1) is 17.1 Å². The zero-order valence-electron chi connectivity index (χ0n) is 44.0. The summed E-state index contributed by atoms with van der Waals surface area (Å²) in [4.78, 5) is 28.9. The number of pyridine rings is 8. The van der Waals surface area contributed by atoms with E-state index in [-0.39, 0.29) is 57.9 Å². The molecule has 15 nitrogen and oxygen atoms in total. The van der Waals surface area contributed by atoms with Gasteiger partial charge in [0.1, 0.15) is 16.0 Å². The zero-order valence-corrected chi connectivity index (χ0v) is 51.1. The first-order valence-electron chi connectivity index (χ1n) is 22.7. The number of aromatic nitrogens is 8. The molecule has 8 aromatic heterocycles. The minimum absolute atomic E-state index is 0. The number of rotatable bonds is 4. The van der Waals surface area contributed by atoms with Gasteiger partial charge in [-0.25, -0.2) is 13.4 Å². The quantitative estimate of drug-likeness (QED) is 0.0320. The van der Waals surface area contributed by atoms with Gasteiger partial charge in [-0.2, -0.15) is 65.9 Å². The number of alkyl halides is 15. The molecule has 0 aromatic carbocycles. The van der Waals surface area contributed by atoms with Crippen LogP contribution in [0, 0.1) is 12.1 Å². The Kier molecular flexibility index (Phi) is 36.9. The zero-order chi connectivity index (χ0) is 64.1. The van der Waals surface area contributed by atoms with Crippen molar-refractivity contribution in [2.75, 3.05) is 0 Å². The van der Waals surface area contributed by atoms with Gasteiger partial charge in [0.25, 0.3) is 0 Å². The van der Waals surface area contributed by atoms with E-state index in [9.17, 15) is 65.9 Å². The van der Waals surface area contributed by atoms with E-state index in [1.807, 2.05) is 18.2 Å². The normalized spacial score (nSPS) is 11.0. The smallest absolute Gasteiger partial charge is 0.490 e. The predicted octanol–water partition coefficient (Wildman–Crippen LogP) is 11.5. The molecule has 35 heteroatoms. The van der Waals surface area contributed by atoms with Crippen LogP contribution >= 0.6 is 15.9 Å². The number of hydrogen-bond donors (Lipinski definition) is 4. The van der Waals surface area contributed by atoms with Crippen LogP contribution in [0.4, 0.5) is 65.9 Å². The molecule has 2 radical (unpaired) electrons. The maximum absolute atomic E-state index is 12.2. The number of aliphatic hydroxyl groups is 2. The van der Waals surface area contributed by atoms with Gasteiger partial charge in [0, 0.05) is 101 Å². The topological polar surface area (TPSA) is 241 Å². The summed E-state index contributed by atoms with van der Waals surface area (Å²) in [7, 11) is -7.89. The van der Waals surface area contributed by atoms with Crippen molar-refractivity contribution in [1.82, 2.24) is 39.9 Å². The SMILES string of the molecule is Brc1ccccn1.CC(C)O.CC(C)O.FC(F)(F)c1c[c-]c(-c2ccccn2)cn1.FC(F)(F)c1c[c-]c(-c2ccccn2)cn1.FC(F)(F)c1ccc(-c2ccccn2)cn1.O=S(=O)([O-])C(F)(F)F.OB(O)c1ccc(C(F)(F)F)nc1.[Ir].[Ir]. The molecule has 0 bridgehead atoms. The summed E-state index contributed by atoms with van der Waals surface area (Å²) in [5, 5.41) is 33.2. The Labute approximate surface area is 517 Å². The van der Waals surface area contributed by atoms with Crippen molar-refractivity contribution >= 4 is 38.6 Å². The largest absolute Gasteiger partial charge is 0.741 e. The third kappa shape index (κ3) is 34.8. The van der Waals surface area contributed by atoms with Crippen molar-refractivity contribution in [2.24, 2.45) is 0 Å². The third-order valence-electron chi connectivity index (χ3n) is 8.16. The minimum Gasteiger partial charge on any atom is -0.741 e. The number of hydrogen-bond acceptors (Lipinski definition) is 15. The molecular formula is C51H44BBrF15Ir2N8O7S-3. The Hall–Kier alpha value is -6.26. The van der Waals surface area contributed by atoms with Crippen LogP contribution in [0.2, 0.25) is 0 Å². The second-order valence-corrected chi connectivity index (χ2v) is 18.0. The van der Waals surface area contributed by atoms with Gasteiger partial charge in [-0.3, -0.25) is 15.0 Å². The summed E-state index contributed by atoms with van der Waals surface area (Å²) in [5.74, 6) is 0. The molecule has 0 aliphatic rings. The van der Waals surface area contributed by atoms with Crippen LogP contribution < -0.4 is 5.46 Å². The first kappa shape index (κ1) is 81.8. The summed E-state index contributed by atoms with van der Waals surface area (Å²) in [6.45, 7) is 6.89. The van der Waals surface area contributed by atoms with Gasteiger partial charge < -0.3 is 44.7 Å². The molecule has 0 atom stereocenters. The maximum Gasteiger partial charge on any atom is 0.490 e. The standard InChI is InChI=1S/C11H7F3N2.2C11H6F3N2.C6H5BF3NO2.C5H4BrN.2C3H8O.CHF3O3S.2Ir/c3*12-11(13,14)10-5-4-8(7-16-10)9-3-1-2-6-15-9;8-6(9,10)5-2-1-4(3-11-5)7(12)13;6-5-3-1-2-4-7-5;2*1-3(2)4;2-1(3,4)8(5,6)7;;/h1-7H;2*1-3,5-7H;1-3,12-13H;1-4H;2*3-4H,1-2H3;(H,5,6,7);;/q;2*-1;;;;;;;/p-1. The molecule has 0 saturated heterocycles. The number of halogens is 16. The third-order valence-corrected chi connectivity index (χ3v) is 9.19. The second kappa shape index (κ2) is 38.8. The summed E-state index contributed by atoms with van der Waals surface area (Å²) in [6.07, 6.45) is -7.49. The molecule has 8 aromatic rings. The minimum atomic E-state index is -6.09. The van der Waals surface area contributed by atoms with E-state index in [1.165, 1.54) is 12.3 Å². The van der Waals surface area contributed by atoms with Crippen molar-refractivity contribution in [2.45, 2.75) is 70.1 Å². The second-order valence-electron chi connectivity index (χ2n) is 15.8. The monoisotopic (exact) mass is 1670 g/mol. The first-order chi connectivity index (χ1) is 38.7. The van der Waals surface area contributed by atoms with Crippen LogP contribution in [-0.4, -0.2) is 97.9 Å². The van der Waals surface area contributed by atoms with Crippen LogP contribution in [0.5, 0.6) is 0 Å². The summed E-state index contributed by atoms with van der Waals surface area (Å²) in [5.41, 5.74) is -6.45. The molecule has 8 rings (SSSR count). The van der Waals surface area contributed by atoms with Crippen LogP contribution in [-0.2, 0) is 75.0 Å². The van der Waals surface area contributed by atoms with Crippen molar-refractivity contribution in [3.8, 4) is 33.8 Å². The van der Waals surface area contributed by atoms with E-state index in [0.717, 1.165) is 47.5 Å². The van der Waals surface area contributed by atoms with Crippen molar-refractivity contribution in [3.63, 3.8) is 0 Å². The van der Waals surface area contributed by atoms with Crippen LogP contribution in [0.3, 0.4) is 0 Å². The summed E-state index contributed by atoms with van der Waals surface area (Å²) >= 11 is 3.20. The fourth-order valence-corrected chi connectivity index (χ4v) is 4.93. The van der Waals surface area contributed by atoms with Crippen molar-refractivity contribution < 1.29 is 139 Å². The molecule has 0 unspecified atom stereocenters. The van der Waals surface area contributed by atoms with Gasteiger partial charge in [-0.05, 0) is 110 Å². The average Bonchev–Trinajstić information content (AvgIpc) is 3.55. The van der Waals surface area contributed by atoms with Crippen LogP contribution in [0.15, 0.2) is 163 Å². The van der Waals surface area contributed by atoms with Crippen molar-refractivity contribution in [3.05, 3.63) is 198 Å². The Morgan fingerprint density at radius 1 is 0.465 bits per heavy atom. The first-order valence-corrected chi connectivity index (χ1v) is 24.9. The molecule has 0 amide bonds. The predicted molar refractivity (Wildman–Crippen MR) is 277 cm³/mol. The number of nitrogens with zero attached hydrogens (tertiary/aromatic N) is 8. The van der Waals surface area contributed by atoms with E-state index in [2.05, 4.69) is 67.9 Å². The van der Waals surface area contributed by atoms with Gasteiger partial charge in [-0.1, -0.05) is 54.9 Å². The fourth-order valence-electron chi connectivity index (χ4n) is 4.66. The Balaban J connectivity index is 0. The summed E-state index contributed by atoms with van der Waals surface area (Å²) < 4.78 is 206. The van der Waals surface area contributed by atoms with E-state index in [4.69, 9.17) is 33.2 Å². The van der Waals surface area contributed by atoms with Gasteiger partial charge in [0.15, 0.2) is 10.1 Å². The Bertz CT molecular complexity index is 2950. The van der Waals surface area contributed by atoms with Gasteiger partial charge in [-0.15, -0.1) is 35.4 Å². The molecule has 4 N–H and O–H groups in total. The van der Waals surface area contributed by atoms with Crippen LogP contribution in [0.1, 0.15) is 50.5 Å². The Morgan fingerprint density at radius 3 is 0.988 bits per heavy atom. The van der Waals surface area contributed by atoms with Gasteiger partial charge in [0.2, 0.25) is 0 Å². The van der Waals surface area contributed by atoms with E-state index in [0.29, 0.717) is 39.8 Å². The molecule has 0 saturated carbocycles. The molecular weight excluding hydrogens is 1630 g/mol. The van der Waals surface area contributed by atoms with Crippen LogP contribution in [0.25, 0.3) is 33.8 Å². The van der Waals surface area contributed by atoms with E-state index >= 15 is 0 Å². The molecule has 0 aliphatic heterocycles. The molecule has 0 spiro atoms. The van der Waals surface area contributed by atoms with E-state index in [1.54, 1.807) is 107 Å². The molecule has 472 valence electrons. The molecule has 0 fully saturated rings.